The van der Waals surface area contributed by atoms with E-state index in [1.54, 1.807) is 6.20 Å². The van der Waals surface area contributed by atoms with Gasteiger partial charge >= 0.3 is 0 Å². The normalized spacial score (nSPS) is 10.5. The summed E-state index contributed by atoms with van der Waals surface area (Å²) in [7, 11) is 0. The van der Waals surface area contributed by atoms with E-state index < -0.39 is 0 Å². The molecule has 2 aromatic rings. The summed E-state index contributed by atoms with van der Waals surface area (Å²) < 4.78 is 8.39. The highest BCUT2D eigenvalue weighted by atomic mass is 79.9. The summed E-state index contributed by atoms with van der Waals surface area (Å²) in [6.07, 6.45) is 3.56. The zero-order valence-electron chi connectivity index (χ0n) is 9.77. The van der Waals surface area contributed by atoms with Crippen LogP contribution in [0.25, 0.3) is 0 Å². The van der Waals surface area contributed by atoms with Crippen molar-refractivity contribution in [1.82, 2.24) is 9.78 Å². The second-order valence-corrected chi connectivity index (χ2v) is 4.63. The molecule has 90 valence electrons. The first-order valence-corrected chi connectivity index (χ1v) is 6.15. The Labute approximate surface area is 109 Å². The first kappa shape index (κ1) is 12.0. The molecule has 0 bridgehead atoms. The number of nitrogens with zero attached hydrogens (tertiary/aromatic N) is 2. The Hall–Kier alpha value is -1.49. The fourth-order valence-corrected chi connectivity index (χ4v) is 1.89. The van der Waals surface area contributed by atoms with Gasteiger partial charge in [0.25, 0.3) is 0 Å². The lowest BCUT2D eigenvalue weighted by atomic mass is 10.2. The molecule has 0 spiro atoms. The van der Waals surface area contributed by atoms with Crippen molar-refractivity contribution in [2.75, 3.05) is 5.73 Å². The SMILES string of the molecule is CCn1cc(Oc2cc(C)c(N)cc2Br)cn1. The van der Waals surface area contributed by atoms with Gasteiger partial charge in [0.15, 0.2) is 5.75 Å². The number of hydrogen-bond acceptors (Lipinski definition) is 3. The Bertz CT molecular complexity index is 537. The summed E-state index contributed by atoms with van der Waals surface area (Å²) in [5.41, 5.74) is 7.54. The van der Waals surface area contributed by atoms with Crippen molar-refractivity contribution in [3.63, 3.8) is 0 Å². The number of nitrogens with two attached hydrogens (primary N) is 1. The lowest BCUT2D eigenvalue weighted by molar-refractivity contribution is 0.478. The van der Waals surface area contributed by atoms with Crippen molar-refractivity contribution < 1.29 is 4.74 Å². The Morgan fingerprint density at radius 2 is 2.24 bits per heavy atom. The van der Waals surface area contributed by atoms with Crippen LogP contribution in [-0.2, 0) is 6.54 Å². The Morgan fingerprint density at radius 3 is 2.88 bits per heavy atom. The van der Waals surface area contributed by atoms with Crippen molar-refractivity contribution >= 4 is 21.6 Å². The summed E-state index contributed by atoms with van der Waals surface area (Å²) in [6, 6.07) is 3.75. The first-order chi connectivity index (χ1) is 8.10. The van der Waals surface area contributed by atoms with Crippen LogP contribution in [0.5, 0.6) is 11.5 Å². The molecular formula is C12H14BrN3O. The average Bonchev–Trinajstić information content (AvgIpc) is 2.73. The Morgan fingerprint density at radius 1 is 1.47 bits per heavy atom. The fraction of sp³-hybridized carbons (Fsp3) is 0.250. The van der Waals surface area contributed by atoms with Crippen molar-refractivity contribution in [2.24, 2.45) is 0 Å². The highest BCUT2D eigenvalue weighted by Gasteiger charge is 2.07. The molecule has 0 saturated heterocycles. The molecule has 5 heteroatoms. The fourth-order valence-electron chi connectivity index (χ4n) is 1.45. The monoisotopic (exact) mass is 295 g/mol. The summed E-state index contributed by atoms with van der Waals surface area (Å²) in [5, 5.41) is 4.15. The maximum absolute atomic E-state index is 5.81. The molecule has 0 aliphatic carbocycles. The maximum Gasteiger partial charge on any atom is 0.165 e. The lowest BCUT2D eigenvalue weighted by Gasteiger charge is -2.08. The standard InChI is InChI=1S/C12H14BrN3O/c1-3-16-7-9(6-15-16)17-12-4-8(2)11(14)5-10(12)13/h4-7H,3,14H2,1-2H3. The molecule has 4 nitrogen and oxygen atoms in total. The predicted octanol–water partition coefficient (Wildman–Crippen LogP) is 3.35. The molecule has 1 aromatic heterocycles. The van der Waals surface area contributed by atoms with Gasteiger partial charge in [0.05, 0.1) is 16.9 Å². The zero-order chi connectivity index (χ0) is 12.4. The van der Waals surface area contributed by atoms with Gasteiger partial charge in [0, 0.05) is 12.2 Å². The van der Waals surface area contributed by atoms with Gasteiger partial charge in [-0.3, -0.25) is 4.68 Å². The molecule has 0 fully saturated rings. The number of rotatable bonds is 3. The van der Waals surface area contributed by atoms with Gasteiger partial charge in [-0.15, -0.1) is 0 Å². The van der Waals surface area contributed by atoms with Crippen molar-refractivity contribution in [3.05, 3.63) is 34.6 Å². The van der Waals surface area contributed by atoms with Gasteiger partial charge in [-0.2, -0.15) is 5.10 Å². The van der Waals surface area contributed by atoms with E-state index in [4.69, 9.17) is 10.5 Å². The zero-order valence-corrected chi connectivity index (χ0v) is 11.4. The van der Waals surface area contributed by atoms with Crippen LogP contribution in [0.1, 0.15) is 12.5 Å². The smallest absolute Gasteiger partial charge is 0.165 e. The summed E-state index contributed by atoms with van der Waals surface area (Å²) in [4.78, 5) is 0. The van der Waals surface area contributed by atoms with Gasteiger partial charge in [0.1, 0.15) is 5.75 Å². The molecule has 1 aromatic carbocycles. The largest absolute Gasteiger partial charge is 0.453 e. The molecule has 2 rings (SSSR count). The number of halogens is 1. The van der Waals surface area contributed by atoms with Crippen molar-refractivity contribution in [3.8, 4) is 11.5 Å². The average molecular weight is 296 g/mol. The third-order valence-corrected chi connectivity index (χ3v) is 3.10. The van der Waals surface area contributed by atoms with E-state index in [1.807, 2.05) is 36.9 Å². The molecule has 0 saturated carbocycles. The number of aryl methyl sites for hydroxylation is 2. The molecule has 17 heavy (non-hydrogen) atoms. The van der Waals surface area contributed by atoms with Crippen molar-refractivity contribution in [2.45, 2.75) is 20.4 Å². The maximum atomic E-state index is 5.81. The Balaban J connectivity index is 2.26. The number of aromatic nitrogens is 2. The second-order valence-electron chi connectivity index (χ2n) is 3.77. The number of hydrogen-bond donors (Lipinski definition) is 1. The van der Waals surface area contributed by atoms with Crippen LogP contribution in [-0.4, -0.2) is 9.78 Å². The second kappa shape index (κ2) is 4.79. The molecule has 2 N–H and O–H groups in total. The minimum atomic E-state index is 0.719. The predicted molar refractivity (Wildman–Crippen MR) is 71.3 cm³/mol. The van der Waals surface area contributed by atoms with Crippen LogP contribution in [0.4, 0.5) is 5.69 Å². The first-order valence-electron chi connectivity index (χ1n) is 5.36. The van der Waals surface area contributed by atoms with E-state index in [2.05, 4.69) is 21.0 Å². The topological polar surface area (TPSA) is 53.1 Å². The summed E-state index contributed by atoms with van der Waals surface area (Å²) >= 11 is 3.43. The third kappa shape index (κ3) is 2.61. The number of ether oxygens (including phenoxy) is 1. The van der Waals surface area contributed by atoms with E-state index in [0.717, 1.165) is 33.8 Å². The van der Waals surface area contributed by atoms with Gasteiger partial charge in [-0.25, -0.2) is 0 Å². The van der Waals surface area contributed by atoms with Crippen LogP contribution in [0.3, 0.4) is 0 Å². The van der Waals surface area contributed by atoms with Gasteiger partial charge < -0.3 is 10.5 Å². The number of benzene rings is 1. The molecule has 1 heterocycles. The minimum Gasteiger partial charge on any atom is -0.453 e. The van der Waals surface area contributed by atoms with Crippen molar-refractivity contribution in [1.29, 1.82) is 0 Å². The van der Waals surface area contributed by atoms with Crippen LogP contribution < -0.4 is 10.5 Å². The van der Waals surface area contributed by atoms with Crippen LogP contribution in [0, 0.1) is 6.92 Å². The van der Waals surface area contributed by atoms with E-state index in [-0.39, 0.29) is 0 Å². The summed E-state index contributed by atoms with van der Waals surface area (Å²) in [6.45, 7) is 4.80. The Kier molecular flexibility index (Phi) is 3.38. The summed E-state index contributed by atoms with van der Waals surface area (Å²) in [5.74, 6) is 1.46. The van der Waals surface area contributed by atoms with Crippen LogP contribution in [0.15, 0.2) is 29.0 Å². The molecular weight excluding hydrogens is 282 g/mol. The van der Waals surface area contributed by atoms with E-state index in [0.29, 0.717) is 0 Å². The van der Waals surface area contributed by atoms with Crippen LogP contribution >= 0.6 is 15.9 Å². The van der Waals surface area contributed by atoms with E-state index >= 15 is 0 Å². The molecule has 0 unspecified atom stereocenters. The quantitative estimate of drug-likeness (QED) is 0.884. The van der Waals surface area contributed by atoms with E-state index in [1.165, 1.54) is 0 Å². The molecule has 0 aliphatic heterocycles. The third-order valence-electron chi connectivity index (χ3n) is 2.48. The van der Waals surface area contributed by atoms with Gasteiger partial charge in [-0.1, -0.05) is 0 Å². The highest BCUT2D eigenvalue weighted by Crippen LogP contribution is 2.33. The minimum absolute atomic E-state index is 0.719. The highest BCUT2D eigenvalue weighted by molar-refractivity contribution is 9.10. The lowest BCUT2D eigenvalue weighted by Crippen LogP contribution is -1.93. The van der Waals surface area contributed by atoms with E-state index in [9.17, 15) is 0 Å². The van der Waals surface area contributed by atoms with Gasteiger partial charge in [0.2, 0.25) is 0 Å². The van der Waals surface area contributed by atoms with Crippen LogP contribution in [0.2, 0.25) is 0 Å². The number of anilines is 1. The number of nitrogen functional groups attached to an aromatic ring is 1. The molecule has 0 aliphatic rings. The molecule has 0 amide bonds. The molecule has 0 atom stereocenters. The van der Waals surface area contributed by atoms with Gasteiger partial charge in [-0.05, 0) is 47.5 Å². The molecule has 0 radical (unpaired) electrons.